The van der Waals surface area contributed by atoms with Gasteiger partial charge in [-0.2, -0.15) is 0 Å². The Hall–Kier alpha value is -2.33. The van der Waals surface area contributed by atoms with E-state index in [-0.39, 0.29) is 17.9 Å². The molecule has 0 aliphatic heterocycles. The molecule has 0 saturated heterocycles. The van der Waals surface area contributed by atoms with E-state index in [9.17, 15) is 9.59 Å². The molecule has 0 spiro atoms. The van der Waals surface area contributed by atoms with E-state index in [1.54, 1.807) is 0 Å². The number of aryl methyl sites for hydroxylation is 1. The van der Waals surface area contributed by atoms with Gasteiger partial charge in [-0.1, -0.05) is 41.4 Å². The Labute approximate surface area is 127 Å². The average Bonchev–Trinajstić information content (AvgIpc) is 2.41. The molecule has 2 aromatic rings. The van der Waals surface area contributed by atoms with Crippen molar-refractivity contribution < 1.29 is 14.7 Å². The number of carboxylic acids is 1. The van der Waals surface area contributed by atoms with Gasteiger partial charge < -0.3 is 10.4 Å². The van der Waals surface area contributed by atoms with E-state index >= 15 is 0 Å². The maximum Gasteiger partial charge on any atom is 0.335 e. The third-order valence-corrected chi connectivity index (χ3v) is 3.26. The maximum atomic E-state index is 12.0. The number of carbonyl (C=O) groups is 2. The smallest absolute Gasteiger partial charge is 0.335 e. The second-order valence-electron chi connectivity index (χ2n) is 4.71. The lowest BCUT2D eigenvalue weighted by atomic mass is 10.1. The fraction of sp³-hybridized carbons (Fsp3) is 0.125. The highest BCUT2D eigenvalue weighted by atomic mass is 35.5. The molecule has 0 aliphatic carbocycles. The molecule has 0 unspecified atom stereocenters. The van der Waals surface area contributed by atoms with Crippen LogP contribution in [-0.4, -0.2) is 17.0 Å². The molecule has 108 valence electrons. The second-order valence-corrected chi connectivity index (χ2v) is 5.12. The van der Waals surface area contributed by atoms with Gasteiger partial charge in [-0.05, 0) is 30.7 Å². The number of aromatic carboxylic acids is 1. The Morgan fingerprint density at radius 3 is 2.62 bits per heavy atom. The molecule has 2 aromatic carbocycles. The van der Waals surface area contributed by atoms with E-state index in [1.165, 1.54) is 18.2 Å². The van der Waals surface area contributed by atoms with Gasteiger partial charge in [-0.3, -0.25) is 4.79 Å². The summed E-state index contributed by atoms with van der Waals surface area (Å²) in [6.45, 7) is 1.95. The SMILES string of the molecule is Cc1cccc(CC(=O)Nc2cc(C(=O)O)ccc2Cl)c1. The highest BCUT2D eigenvalue weighted by Crippen LogP contribution is 2.23. The van der Waals surface area contributed by atoms with Crippen LogP contribution >= 0.6 is 11.6 Å². The Morgan fingerprint density at radius 1 is 1.19 bits per heavy atom. The van der Waals surface area contributed by atoms with Gasteiger partial charge in [0.05, 0.1) is 22.7 Å². The molecule has 5 heteroatoms. The molecule has 0 fully saturated rings. The topological polar surface area (TPSA) is 66.4 Å². The molecular weight excluding hydrogens is 290 g/mol. The average molecular weight is 304 g/mol. The molecule has 0 radical (unpaired) electrons. The number of nitrogens with one attached hydrogen (secondary N) is 1. The Morgan fingerprint density at radius 2 is 1.95 bits per heavy atom. The Kier molecular flexibility index (Phi) is 4.60. The van der Waals surface area contributed by atoms with Crippen molar-refractivity contribution in [3.63, 3.8) is 0 Å². The maximum absolute atomic E-state index is 12.0. The van der Waals surface area contributed by atoms with Crippen molar-refractivity contribution in [2.75, 3.05) is 5.32 Å². The van der Waals surface area contributed by atoms with Crippen LogP contribution < -0.4 is 5.32 Å². The number of amides is 1. The lowest BCUT2D eigenvalue weighted by molar-refractivity contribution is -0.115. The highest BCUT2D eigenvalue weighted by molar-refractivity contribution is 6.33. The fourth-order valence-electron chi connectivity index (χ4n) is 1.96. The van der Waals surface area contributed by atoms with E-state index in [4.69, 9.17) is 16.7 Å². The molecule has 2 rings (SSSR count). The minimum absolute atomic E-state index is 0.0743. The number of hydrogen-bond acceptors (Lipinski definition) is 2. The van der Waals surface area contributed by atoms with Gasteiger partial charge in [0.1, 0.15) is 0 Å². The highest BCUT2D eigenvalue weighted by Gasteiger charge is 2.10. The molecule has 0 heterocycles. The number of benzene rings is 2. The summed E-state index contributed by atoms with van der Waals surface area (Å²) >= 11 is 5.97. The summed E-state index contributed by atoms with van der Waals surface area (Å²) in [4.78, 5) is 22.9. The zero-order valence-electron chi connectivity index (χ0n) is 11.4. The first-order valence-corrected chi connectivity index (χ1v) is 6.72. The van der Waals surface area contributed by atoms with Crippen LogP contribution in [0, 0.1) is 6.92 Å². The number of halogens is 1. The molecule has 1 amide bonds. The standard InChI is InChI=1S/C16H14ClNO3/c1-10-3-2-4-11(7-10)8-15(19)18-14-9-12(16(20)21)5-6-13(14)17/h2-7,9H,8H2,1H3,(H,18,19)(H,20,21). The van der Waals surface area contributed by atoms with Crippen molar-refractivity contribution in [2.45, 2.75) is 13.3 Å². The van der Waals surface area contributed by atoms with Gasteiger partial charge >= 0.3 is 5.97 Å². The summed E-state index contributed by atoms with van der Waals surface area (Å²) in [6, 6.07) is 11.8. The van der Waals surface area contributed by atoms with E-state index in [1.807, 2.05) is 31.2 Å². The number of carbonyl (C=O) groups excluding carboxylic acids is 1. The van der Waals surface area contributed by atoms with Crippen molar-refractivity contribution in [2.24, 2.45) is 0 Å². The summed E-state index contributed by atoms with van der Waals surface area (Å²) < 4.78 is 0. The molecule has 4 nitrogen and oxygen atoms in total. The van der Waals surface area contributed by atoms with Crippen molar-refractivity contribution in [1.82, 2.24) is 0 Å². The van der Waals surface area contributed by atoms with Crippen LogP contribution in [0.25, 0.3) is 0 Å². The van der Waals surface area contributed by atoms with Gasteiger partial charge in [0.15, 0.2) is 0 Å². The first kappa shape index (κ1) is 15.1. The van der Waals surface area contributed by atoms with Gasteiger partial charge in [-0.15, -0.1) is 0 Å². The van der Waals surface area contributed by atoms with E-state index < -0.39 is 5.97 Å². The number of anilines is 1. The molecular formula is C16H14ClNO3. The zero-order chi connectivity index (χ0) is 15.4. The third-order valence-electron chi connectivity index (χ3n) is 2.93. The minimum Gasteiger partial charge on any atom is -0.478 e. The van der Waals surface area contributed by atoms with Crippen LogP contribution in [0.5, 0.6) is 0 Å². The van der Waals surface area contributed by atoms with Crippen molar-refractivity contribution >= 4 is 29.2 Å². The van der Waals surface area contributed by atoms with Gasteiger partial charge in [0, 0.05) is 0 Å². The summed E-state index contributed by atoms with van der Waals surface area (Å²) in [7, 11) is 0. The lowest BCUT2D eigenvalue weighted by Gasteiger charge is -2.08. The first-order valence-electron chi connectivity index (χ1n) is 6.34. The molecule has 0 aliphatic rings. The van der Waals surface area contributed by atoms with E-state index in [0.717, 1.165) is 11.1 Å². The molecule has 0 aromatic heterocycles. The monoisotopic (exact) mass is 303 g/mol. The van der Waals surface area contributed by atoms with Crippen LogP contribution in [0.2, 0.25) is 5.02 Å². The third kappa shape index (κ3) is 4.07. The van der Waals surface area contributed by atoms with E-state index in [0.29, 0.717) is 10.7 Å². The van der Waals surface area contributed by atoms with Crippen LogP contribution in [0.4, 0.5) is 5.69 Å². The summed E-state index contributed by atoms with van der Waals surface area (Å²) in [5, 5.41) is 11.9. The van der Waals surface area contributed by atoms with Gasteiger partial charge in [0.25, 0.3) is 0 Å². The predicted molar refractivity (Wildman–Crippen MR) is 81.9 cm³/mol. The quantitative estimate of drug-likeness (QED) is 0.908. The van der Waals surface area contributed by atoms with Crippen LogP contribution in [0.15, 0.2) is 42.5 Å². The van der Waals surface area contributed by atoms with E-state index in [2.05, 4.69) is 5.32 Å². The van der Waals surface area contributed by atoms with Gasteiger partial charge in [-0.25, -0.2) is 4.79 Å². The number of carboxylic acid groups (broad SMARTS) is 1. The molecule has 0 saturated carbocycles. The van der Waals surface area contributed by atoms with Gasteiger partial charge in [0.2, 0.25) is 5.91 Å². The molecule has 21 heavy (non-hydrogen) atoms. The number of hydrogen-bond donors (Lipinski definition) is 2. The predicted octanol–water partition coefficient (Wildman–Crippen LogP) is 3.53. The van der Waals surface area contributed by atoms with Crippen molar-refractivity contribution in [3.05, 3.63) is 64.2 Å². The summed E-state index contributed by atoms with van der Waals surface area (Å²) in [6.07, 6.45) is 0.204. The first-order chi connectivity index (χ1) is 9.95. The van der Waals surface area contributed by atoms with Crippen molar-refractivity contribution in [1.29, 1.82) is 0 Å². The zero-order valence-corrected chi connectivity index (χ0v) is 12.1. The minimum atomic E-state index is -1.07. The fourth-order valence-corrected chi connectivity index (χ4v) is 2.12. The second kappa shape index (κ2) is 6.41. The molecule has 0 bridgehead atoms. The lowest BCUT2D eigenvalue weighted by Crippen LogP contribution is -2.15. The summed E-state index contributed by atoms with van der Waals surface area (Å²) in [5.74, 6) is -1.31. The van der Waals surface area contributed by atoms with Crippen molar-refractivity contribution in [3.8, 4) is 0 Å². The van der Waals surface area contributed by atoms with Crippen LogP contribution in [0.1, 0.15) is 21.5 Å². The van der Waals surface area contributed by atoms with Crippen LogP contribution in [-0.2, 0) is 11.2 Å². The Bertz CT molecular complexity index is 698. The number of rotatable bonds is 4. The molecule has 0 atom stereocenters. The normalized spacial score (nSPS) is 10.2. The van der Waals surface area contributed by atoms with Crippen LogP contribution in [0.3, 0.4) is 0 Å². The molecule has 2 N–H and O–H groups in total. The Balaban J connectivity index is 2.12. The largest absolute Gasteiger partial charge is 0.478 e. The summed E-state index contributed by atoms with van der Waals surface area (Å²) in [5.41, 5.74) is 2.34.